The van der Waals surface area contributed by atoms with Crippen molar-refractivity contribution < 1.29 is 5.11 Å². The number of hydrogen-bond donors (Lipinski definition) is 3. The van der Waals surface area contributed by atoms with Crippen molar-refractivity contribution >= 4 is 11.5 Å². The lowest BCUT2D eigenvalue weighted by atomic mass is 9.93. The molecule has 22 heavy (non-hydrogen) atoms. The Balaban J connectivity index is 2.03. The quantitative estimate of drug-likeness (QED) is 0.809. The first-order chi connectivity index (χ1) is 10.7. The van der Waals surface area contributed by atoms with Gasteiger partial charge in [-0.25, -0.2) is 4.98 Å². The van der Waals surface area contributed by atoms with Crippen molar-refractivity contribution in [3.63, 3.8) is 0 Å². The molecule has 1 aliphatic rings. The molecule has 3 rings (SSSR count). The van der Waals surface area contributed by atoms with Gasteiger partial charge in [0.1, 0.15) is 0 Å². The van der Waals surface area contributed by atoms with E-state index in [1.807, 2.05) is 19.1 Å². The minimum Gasteiger partial charge on any atom is -0.396 e. The van der Waals surface area contributed by atoms with Crippen LogP contribution in [-0.4, -0.2) is 26.7 Å². The average Bonchev–Trinajstić information content (AvgIpc) is 2.90. The number of nitrogen functional groups attached to an aromatic ring is 1. The monoisotopic (exact) mass is 296 g/mol. The van der Waals surface area contributed by atoms with E-state index >= 15 is 0 Å². The van der Waals surface area contributed by atoms with E-state index in [1.165, 1.54) is 0 Å². The number of H-pyrrole nitrogens is 1. The highest BCUT2D eigenvalue weighted by Gasteiger charge is 2.17. The molecule has 5 nitrogen and oxygen atoms in total. The summed E-state index contributed by atoms with van der Waals surface area (Å²) < 4.78 is 0. The Morgan fingerprint density at radius 1 is 1.41 bits per heavy atom. The molecule has 0 unspecified atom stereocenters. The second-order valence-corrected chi connectivity index (χ2v) is 5.49. The molecule has 0 aromatic carbocycles. The van der Waals surface area contributed by atoms with E-state index in [0.717, 1.165) is 46.6 Å². The van der Waals surface area contributed by atoms with Gasteiger partial charge in [-0.05, 0) is 49.5 Å². The van der Waals surface area contributed by atoms with Crippen LogP contribution in [0.4, 0.5) is 5.95 Å². The third kappa shape index (κ3) is 2.94. The fourth-order valence-electron chi connectivity index (χ4n) is 2.79. The smallest absolute Gasteiger partial charge is 0.198 e. The molecule has 0 bridgehead atoms. The zero-order valence-corrected chi connectivity index (χ0v) is 12.6. The molecule has 2 aromatic rings. The molecule has 0 saturated carbocycles. The number of aliphatic hydroxyl groups excluding tert-OH is 1. The molecular formula is C17H20N4O. The van der Waals surface area contributed by atoms with Gasteiger partial charge >= 0.3 is 0 Å². The molecule has 0 saturated heterocycles. The summed E-state index contributed by atoms with van der Waals surface area (Å²) in [5, 5.41) is 9.12. The molecular weight excluding hydrogens is 276 g/mol. The molecule has 0 radical (unpaired) electrons. The lowest BCUT2D eigenvalue weighted by molar-refractivity contribution is 0.300. The summed E-state index contributed by atoms with van der Waals surface area (Å²) in [6.45, 7) is 2.12. The largest absolute Gasteiger partial charge is 0.396 e. The van der Waals surface area contributed by atoms with Crippen molar-refractivity contribution in [1.29, 1.82) is 0 Å². The van der Waals surface area contributed by atoms with Gasteiger partial charge in [0.25, 0.3) is 0 Å². The van der Waals surface area contributed by atoms with E-state index < -0.39 is 0 Å². The fourth-order valence-corrected chi connectivity index (χ4v) is 2.79. The van der Waals surface area contributed by atoms with Gasteiger partial charge in [0.05, 0.1) is 11.4 Å². The minimum absolute atomic E-state index is 0.161. The van der Waals surface area contributed by atoms with E-state index in [-0.39, 0.29) is 6.61 Å². The topological polar surface area (TPSA) is 87.8 Å². The van der Waals surface area contributed by atoms with E-state index in [4.69, 9.17) is 10.8 Å². The van der Waals surface area contributed by atoms with Crippen molar-refractivity contribution in [2.45, 2.75) is 26.2 Å². The molecule has 114 valence electrons. The van der Waals surface area contributed by atoms with Gasteiger partial charge in [0, 0.05) is 24.1 Å². The number of nitrogens with zero attached hydrogens (tertiary/aromatic N) is 2. The number of rotatable bonds is 4. The van der Waals surface area contributed by atoms with Crippen LogP contribution in [0.5, 0.6) is 0 Å². The first-order valence-corrected chi connectivity index (χ1v) is 7.46. The number of aromatic amines is 1. The molecule has 1 aliphatic carbocycles. The van der Waals surface area contributed by atoms with E-state index in [1.54, 1.807) is 6.20 Å². The summed E-state index contributed by atoms with van der Waals surface area (Å²) in [5.41, 5.74) is 12.0. The highest BCUT2D eigenvalue weighted by molar-refractivity contribution is 5.80. The number of pyridine rings is 1. The van der Waals surface area contributed by atoms with E-state index in [0.29, 0.717) is 12.4 Å². The summed E-state index contributed by atoms with van der Waals surface area (Å²) in [5.74, 6) is 0.415. The van der Waals surface area contributed by atoms with Crippen LogP contribution >= 0.6 is 0 Å². The number of nitrogens with one attached hydrogen (secondary N) is 1. The van der Waals surface area contributed by atoms with Crippen LogP contribution in [0.25, 0.3) is 16.8 Å². The number of imidazole rings is 1. The molecule has 0 fully saturated rings. The van der Waals surface area contributed by atoms with Gasteiger partial charge < -0.3 is 15.8 Å². The Labute approximate surface area is 129 Å². The number of aliphatic hydroxyl groups is 1. The van der Waals surface area contributed by atoms with Crippen molar-refractivity contribution in [1.82, 2.24) is 15.0 Å². The molecule has 0 amide bonds. The molecule has 5 heteroatoms. The van der Waals surface area contributed by atoms with Crippen LogP contribution in [-0.2, 0) is 0 Å². The zero-order valence-electron chi connectivity index (χ0n) is 12.6. The number of hydrogen-bond acceptors (Lipinski definition) is 4. The van der Waals surface area contributed by atoms with E-state index in [2.05, 4.69) is 27.1 Å². The van der Waals surface area contributed by atoms with Crippen LogP contribution in [0.3, 0.4) is 0 Å². The van der Waals surface area contributed by atoms with Gasteiger partial charge in [-0.3, -0.25) is 4.98 Å². The summed E-state index contributed by atoms with van der Waals surface area (Å²) in [7, 11) is 0. The standard InChI is InChI=1S/C17H20N4O/c1-11-9-14(5-7-19-11)16-15(20-17(18)21-16)13-4-2-3-12(10-13)6-8-22/h3,5,7,9-10,22H,2,4,6,8H2,1H3,(H3,18,20,21). The molecule has 2 heterocycles. The first kappa shape index (κ1) is 14.5. The normalized spacial score (nSPS) is 14.6. The van der Waals surface area contributed by atoms with Crippen molar-refractivity contribution in [2.75, 3.05) is 12.3 Å². The van der Waals surface area contributed by atoms with Gasteiger partial charge in [-0.1, -0.05) is 12.2 Å². The number of aromatic nitrogens is 3. The molecule has 0 spiro atoms. The second-order valence-electron chi connectivity index (χ2n) is 5.49. The van der Waals surface area contributed by atoms with Crippen LogP contribution in [0.1, 0.15) is 30.7 Å². The Hall–Kier alpha value is -2.40. The van der Waals surface area contributed by atoms with Gasteiger partial charge in [-0.2, -0.15) is 0 Å². The highest BCUT2D eigenvalue weighted by atomic mass is 16.2. The first-order valence-electron chi connectivity index (χ1n) is 7.46. The number of aryl methyl sites for hydroxylation is 1. The summed E-state index contributed by atoms with van der Waals surface area (Å²) >= 11 is 0. The van der Waals surface area contributed by atoms with E-state index in [9.17, 15) is 0 Å². The Morgan fingerprint density at radius 2 is 2.27 bits per heavy atom. The number of nitrogens with two attached hydrogens (primary N) is 1. The lowest BCUT2D eigenvalue weighted by Gasteiger charge is -2.13. The Morgan fingerprint density at radius 3 is 3.05 bits per heavy atom. The van der Waals surface area contributed by atoms with Gasteiger partial charge in [-0.15, -0.1) is 0 Å². The SMILES string of the molecule is Cc1cc(-c2[nH]c(N)nc2C2=CC(CCO)=CCC2)ccn1. The summed E-state index contributed by atoms with van der Waals surface area (Å²) in [6, 6.07) is 3.97. The summed E-state index contributed by atoms with van der Waals surface area (Å²) in [6.07, 6.45) is 8.64. The third-order valence-electron chi connectivity index (χ3n) is 3.79. The lowest BCUT2D eigenvalue weighted by Crippen LogP contribution is -1.97. The third-order valence-corrected chi connectivity index (χ3v) is 3.79. The predicted molar refractivity (Wildman–Crippen MR) is 88.0 cm³/mol. The Bertz CT molecular complexity index is 743. The maximum Gasteiger partial charge on any atom is 0.198 e. The van der Waals surface area contributed by atoms with Gasteiger partial charge in [0.15, 0.2) is 5.95 Å². The maximum absolute atomic E-state index is 9.12. The molecule has 4 N–H and O–H groups in total. The van der Waals surface area contributed by atoms with Crippen LogP contribution < -0.4 is 5.73 Å². The molecule has 2 aromatic heterocycles. The molecule has 0 aliphatic heterocycles. The molecule has 0 atom stereocenters. The van der Waals surface area contributed by atoms with Crippen LogP contribution in [0.15, 0.2) is 36.1 Å². The van der Waals surface area contributed by atoms with Crippen molar-refractivity contribution in [3.8, 4) is 11.3 Å². The Kier molecular flexibility index (Phi) is 4.06. The fraction of sp³-hybridized carbons (Fsp3) is 0.294. The predicted octanol–water partition coefficient (Wildman–Crippen LogP) is 2.85. The summed E-state index contributed by atoms with van der Waals surface area (Å²) in [4.78, 5) is 11.9. The zero-order chi connectivity index (χ0) is 15.5. The van der Waals surface area contributed by atoms with Crippen molar-refractivity contribution in [3.05, 3.63) is 47.4 Å². The minimum atomic E-state index is 0.161. The van der Waals surface area contributed by atoms with Gasteiger partial charge in [0.2, 0.25) is 0 Å². The number of allylic oxidation sites excluding steroid dienone is 3. The van der Waals surface area contributed by atoms with Crippen LogP contribution in [0.2, 0.25) is 0 Å². The second kappa shape index (κ2) is 6.15. The van der Waals surface area contributed by atoms with Crippen LogP contribution in [0, 0.1) is 6.92 Å². The maximum atomic E-state index is 9.12. The average molecular weight is 296 g/mol. The van der Waals surface area contributed by atoms with Crippen molar-refractivity contribution in [2.24, 2.45) is 0 Å². The number of anilines is 1. The highest BCUT2D eigenvalue weighted by Crippen LogP contribution is 2.33.